The number of imidazole rings is 1. The fourth-order valence-corrected chi connectivity index (χ4v) is 4.36. The largest absolute Gasteiger partial charge is 0.335 e. The molecule has 10 nitrogen and oxygen atoms in total. The summed E-state index contributed by atoms with van der Waals surface area (Å²) in [6.07, 6.45) is 11.5. The Hall–Kier alpha value is -5.06. The van der Waals surface area contributed by atoms with Crippen molar-refractivity contribution in [3.8, 4) is 33.9 Å². The van der Waals surface area contributed by atoms with Crippen LogP contribution in [0, 0.1) is 11.7 Å². The Balaban J connectivity index is 1.32. The average Bonchev–Trinajstić information content (AvgIpc) is 3.54. The smallest absolute Gasteiger partial charge is 0.227 e. The molecule has 0 spiro atoms. The van der Waals surface area contributed by atoms with Gasteiger partial charge in [-0.25, -0.2) is 14.4 Å². The molecule has 6 aromatic rings. The highest BCUT2D eigenvalue weighted by atomic mass is 19.1. The van der Waals surface area contributed by atoms with Gasteiger partial charge in [-0.15, -0.1) is 0 Å². The topological polar surface area (TPSA) is 138 Å². The van der Waals surface area contributed by atoms with E-state index in [0.29, 0.717) is 39.4 Å². The first-order chi connectivity index (χ1) is 18.2. The van der Waals surface area contributed by atoms with E-state index in [2.05, 4.69) is 45.4 Å². The van der Waals surface area contributed by atoms with Crippen LogP contribution in [0.5, 0.6) is 0 Å². The SMILES string of the molecule is O=C(Nc1cncc(-c2ncc3[nH]nc(-c4nc5nccc(-c6cccnc6)c5[nH]4)c3c2F)c1)C1CC1. The summed E-state index contributed by atoms with van der Waals surface area (Å²) in [4.78, 5) is 37.0. The van der Waals surface area contributed by atoms with Gasteiger partial charge in [0, 0.05) is 47.4 Å². The number of fused-ring (bicyclic) bond motifs is 2. The summed E-state index contributed by atoms with van der Waals surface area (Å²) < 4.78 is 16.0. The number of rotatable bonds is 5. The number of carbonyl (C=O) groups excluding carboxylic acids is 1. The molecule has 0 aliphatic heterocycles. The lowest BCUT2D eigenvalue weighted by Crippen LogP contribution is -2.13. The van der Waals surface area contributed by atoms with Crippen molar-refractivity contribution in [1.29, 1.82) is 0 Å². The molecule has 1 aliphatic rings. The van der Waals surface area contributed by atoms with E-state index in [-0.39, 0.29) is 22.9 Å². The Labute approximate surface area is 208 Å². The molecule has 3 N–H and O–H groups in total. The van der Waals surface area contributed by atoms with Crippen molar-refractivity contribution < 1.29 is 9.18 Å². The normalized spacial score (nSPS) is 13.3. The van der Waals surface area contributed by atoms with Gasteiger partial charge < -0.3 is 10.3 Å². The molecule has 180 valence electrons. The van der Waals surface area contributed by atoms with Crippen LogP contribution in [-0.2, 0) is 4.79 Å². The first kappa shape index (κ1) is 21.2. The maximum Gasteiger partial charge on any atom is 0.227 e. The van der Waals surface area contributed by atoms with Crippen molar-refractivity contribution in [3.05, 3.63) is 67.3 Å². The third-order valence-electron chi connectivity index (χ3n) is 6.36. The number of hydrogen-bond donors (Lipinski definition) is 3. The lowest BCUT2D eigenvalue weighted by molar-refractivity contribution is -0.117. The van der Waals surface area contributed by atoms with E-state index in [1.54, 1.807) is 24.7 Å². The molecule has 1 aliphatic carbocycles. The van der Waals surface area contributed by atoms with E-state index in [4.69, 9.17) is 0 Å². The van der Waals surface area contributed by atoms with E-state index in [1.165, 1.54) is 18.6 Å². The second-order valence-corrected chi connectivity index (χ2v) is 8.89. The van der Waals surface area contributed by atoms with Crippen molar-refractivity contribution in [1.82, 2.24) is 40.1 Å². The van der Waals surface area contributed by atoms with E-state index < -0.39 is 5.82 Å². The minimum Gasteiger partial charge on any atom is -0.335 e. The van der Waals surface area contributed by atoms with Crippen molar-refractivity contribution in [2.24, 2.45) is 5.92 Å². The summed E-state index contributed by atoms with van der Waals surface area (Å²) >= 11 is 0. The predicted octanol–water partition coefficient (Wildman–Crippen LogP) is 4.51. The number of amides is 1. The van der Waals surface area contributed by atoms with Gasteiger partial charge >= 0.3 is 0 Å². The molecule has 0 unspecified atom stereocenters. The molecule has 6 aromatic heterocycles. The minimum atomic E-state index is -0.574. The van der Waals surface area contributed by atoms with E-state index in [0.717, 1.165) is 24.0 Å². The average molecular weight is 491 g/mol. The van der Waals surface area contributed by atoms with Gasteiger partial charge in [0.15, 0.2) is 17.3 Å². The lowest BCUT2D eigenvalue weighted by Gasteiger charge is -2.07. The van der Waals surface area contributed by atoms with Crippen molar-refractivity contribution in [2.45, 2.75) is 12.8 Å². The van der Waals surface area contributed by atoms with Gasteiger partial charge in [0.25, 0.3) is 0 Å². The molecule has 1 amide bonds. The molecular formula is C26H18FN9O. The van der Waals surface area contributed by atoms with E-state index in [9.17, 15) is 4.79 Å². The molecule has 6 heterocycles. The first-order valence-electron chi connectivity index (χ1n) is 11.7. The van der Waals surface area contributed by atoms with Crippen LogP contribution in [-0.4, -0.2) is 46.0 Å². The monoisotopic (exact) mass is 491 g/mol. The van der Waals surface area contributed by atoms with Crippen LogP contribution in [0.4, 0.5) is 10.1 Å². The fourth-order valence-electron chi connectivity index (χ4n) is 4.36. The second kappa shape index (κ2) is 8.26. The Kier molecular flexibility index (Phi) is 4.74. The Morgan fingerprint density at radius 2 is 1.89 bits per heavy atom. The van der Waals surface area contributed by atoms with E-state index in [1.807, 2.05) is 18.2 Å². The number of hydrogen-bond acceptors (Lipinski definition) is 7. The number of anilines is 1. The molecule has 0 saturated heterocycles. The highest BCUT2D eigenvalue weighted by Crippen LogP contribution is 2.35. The molecule has 0 atom stereocenters. The van der Waals surface area contributed by atoms with E-state index >= 15 is 4.39 Å². The highest BCUT2D eigenvalue weighted by Gasteiger charge is 2.29. The zero-order chi connectivity index (χ0) is 24.9. The maximum atomic E-state index is 16.0. The fraction of sp³-hybridized carbons (Fsp3) is 0.115. The van der Waals surface area contributed by atoms with Crippen LogP contribution in [0.25, 0.3) is 56.0 Å². The standard InChI is InChI=1S/C26H18FN9O/c27-20-19-18(12-31-21(20)15-8-16(11-29-10-15)32-26(37)13-3-4-13)35-36-23(19)25-33-22-17(5-7-30-24(22)34-25)14-2-1-6-28-9-14/h1-2,5-13H,3-4H2,(H,32,37)(H,35,36)(H,30,33,34). The number of nitrogens with one attached hydrogen (secondary N) is 3. The Morgan fingerprint density at radius 1 is 1.00 bits per heavy atom. The van der Waals surface area contributed by atoms with Gasteiger partial charge in [0.2, 0.25) is 5.91 Å². The van der Waals surface area contributed by atoms with Crippen LogP contribution in [0.1, 0.15) is 12.8 Å². The molecule has 0 radical (unpaired) electrons. The molecule has 11 heteroatoms. The van der Waals surface area contributed by atoms with Gasteiger partial charge in [0.1, 0.15) is 11.4 Å². The van der Waals surface area contributed by atoms with Crippen LogP contribution in [0.3, 0.4) is 0 Å². The molecule has 0 aromatic carbocycles. The van der Waals surface area contributed by atoms with Gasteiger partial charge in [-0.05, 0) is 31.0 Å². The third kappa shape index (κ3) is 3.68. The molecule has 0 bridgehead atoms. The van der Waals surface area contributed by atoms with Gasteiger partial charge in [-0.2, -0.15) is 5.10 Å². The predicted molar refractivity (Wildman–Crippen MR) is 135 cm³/mol. The number of pyridine rings is 4. The maximum absolute atomic E-state index is 16.0. The summed E-state index contributed by atoms with van der Waals surface area (Å²) in [7, 11) is 0. The summed E-state index contributed by atoms with van der Waals surface area (Å²) in [5.74, 6) is -0.219. The molecule has 37 heavy (non-hydrogen) atoms. The van der Waals surface area contributed by atoms with Crippen LogP contribution < -0.4 is 5.32 Å². The van der Waals surface area contributed by atoms with Gasteiger partial charge in [-0.1, -0.05) is 6.07 Å². The van der Waals surface area contributed by atoms with Crippen LogP contribution in [0.15, 0.2) is 61.4 Å². The number of carbonyl (C=O) groups is 1. The van der Waals surface area contributed by atoms with Gasteiger partial charge in [-0.3, -0.25) is 24.8 Å². The lowest BCUT2D eigenvalue weighted by atomic mass is 10.1. The molecule has 1 saturated carbocycles. The number of aromatic nitrogens is 8. The number of H-pyrrole nitrogens is 2. The second-order valence-electron chi connectivity index (χ2n) is 8.89. The van der Waals surface area contributed by atoms with Crippen molar-refractivity contribution in [2.75, 3.05) is 5.32 Å². The summed E-state index contributed by atoms with van der Waals surface area (Å²) in [6.45, 7) is 0. The Bertz CT molecular complexity index is 1810. The van der Waals surface area contributed by atoms with Crippen molar-refractivity contribution >= 4 is 33.7 Å². The number of nitrogens with zero attached hydrogens (tertiary/aromatic N) is 6. The zero-order valence-electron chi connectivity index (χ0n) is 19.2. The number of halogens is 1. The highest BCUT2D eigenvalue weighted by molar-refractivity contribution is 5.98. The summed E-state index contributed by atoms with van der Waals surface area (Å²) in [5.41, 5.74) is 4.69. The third-order valence-corrected chi connectivity index (χ3v) is 6.36. The number of aromatic amines is 2. The molecule has 1 fully saturated rings. The summed E-state index contributed by atoms with van der Waals surface area (Å²) in [5, 5.41) is 10.2. The van der Waals surface area contributed by atoms with Crippen LogP contribution in [0.2, 0.25) is 0 Å². The van der Waals surface area contributed by atoms with Crippen LogP contribution >= 0.6 is 0 Å². The van der Waals surface area contributed by atoms with Crippen molar-refractivity contribution in [3.63, 3.8) is 0 Å². The summed E-state index contributed by atoms with van der Waals surface area (Å²) in [6, 6.07) is 7.33. The first-order valence-corrected chi connectivity index (χ1v) is 11.7. The van der Waals surface area contributed by atoms with Gasteiger partial charge in [0.05, 0.1) is 34.5 Å². The quantitative estimate of drug-likeness (QED) is 0.323. The zero-order valence-corrected chi connectivity index (χ0v) is 19.2. The molecule has 7 rings (SSSR count). The minimum absolute atomic E-state index is 0.0420. The molecular weight excluding hydrogens is 473 g/mol. The Morgan fingerprint density at radius 3 is 2.73 bits per heavy atom.